The molecule has 1 amide bonds. The van der Waals surface area contributed by atoms with E-state index in [2.05, 4.69) is 6.92 Å². The van der Waals surface area contributed by atoms with E-state index in [0.717, 1.165) is 31.4 Å². The van der Waals surface area contributed by atoms with Crippen LogP contribution in [0.2, 0.25) is 0 Å². The molecule has 3 heteroatoms. The third kappa shape index (κ3) is 3.57. The van der Waals surface area contributed by atoms with Gasteiger partial charge in [0.05, 0.1) is 6.04 Å². The topological polar surface area (TPSA) is 46.3 Å². The maximum absolute atomic E-state index is 12.5. The van der Waals surface area contributed by atoms with E-state index in [9.17, 15) is 4.79 Å². The van der Waals surface area contributed by atoms with Crippen molar-refractivity contribution in [1.29, 1.82) is 0 Å². The fourth-order valence-electron chi connectivity index (χ4n) is 2.88. The Bertz CT molecular complexity index is 404. The first kappa shape index (κ1) is 14.1. The van der Waals surface area contributed by atoms with E-state index in [0.29, 0.717) is 12.5 Å². The lowest BCUT2D eigenvalue weighted by Gasteiger charge is -2.36. The number of carbonyl (C=O) groups excluding carboxylic acids is 1. The van der Waals surface area contributed by atoms with Gasteiger partial charge in [0.15, 0.2) is 0 Å². The number of rotatable bonds is 4. The monoisotopic (exact) mass is 260 g/mol. The second-order valence-electron chi connectivity index (χ2n) is 5.39. The van der Waals surface area contributed by atoms with Gasteiger partial charge < -0.3 is 10.6 Å². The number of likely N-dealkylation sites (tertiary alicyclic amines) is 1. The van der Waals surface area contributed by atoms with Crippen LogP contribution in [0.25, 0.3) is 0 Å². The van der Waals surface area contributed by atoms with Crippen LogP contribution in [-0.2, 0) is 11.2 Å². The Morgan fingerprint density at radius 3 is 2.79 bits per heavy atom. The summed E-state index contributed by atoms with van der Waals surface area (Å²) in [4.78, 5) is 14.5. The highest BCUT2D eigenvalue weighted by molar-refractivity contribution is 5.82. The summed E-state index contributed by atoms with van der Waals surface area (Å²) in [5, 5.41) is 0. The number of amides is 1. The van der Waals surface area contributed by atoms with Crippen LogP contribution in [0.4, 0.5) is 0 Å². The minimum absolute atomic E-state index is 0.121. The van der Waals surface area contributed by atoms with Gasteiger partial charge in [0, 0.05) is 12.6 Å². The number of hydrogen-bond donors (Lipinski definition) is 1. The SMILES string of the molecule is CCC1CCCCN1C(=O)[C@@H](N)Cc1ccccc1. The van der Waals surface area contributed by atoms with E-state index in [1.165, 1.54) is 6.42 Å². The van der Waals surface area contributed by atoms with Gasteiger partial charge in [-0.25, -0.2) is 0 Å². The summed E-state index contributed by atoms with van der Waals surface area (Å²) in [5.74, 6) is 0.121. The van der Waals surface area contributed by atoms with Crippen molar-refractivity contribution in [3.05, 3.63) is 35.9 Å². The number of hydrogen-bond acceptors (Lipinski definition) is 2. The lowest BCUT2D eigenvalue weighted by Crippen LogP contribution is -2.51. The van der Waals surface area contributed by atoms with Crippen molar-refractivity contribution >= 4 is 5.91 Å². The average molecular weight is 260 g/mol. The number of benzene rings is 1. The molecule has 0 spiro atoms. The molecule has 1 heterocycles. The maximum Gasteiger partial charge on any atom is 0.240 e. The fourth-order valence-corrected chi connectivity index (χ4v) is 2.88. The molecule has 19 heavy (non-hydrogen) atoms. The molecule has 1 aromatic rings. The van der Waals surface area contributed by atoms with Crippen molar-refractivity contribution in [3.8, 4) is 0 Å². The minimum atomic E-state index is -0.408. The van der Waals surface area contributed by atoms with Gasteiger partial charge >= 0.3 is 0 Å². The molecule has 0 bridgehead atoms. The molecule has 3 nitrogen and oxygen atoms in total. The van der Waals surface area contributed by atoms with Crippen molar-refractivity contribution in [3.63, 3.8) is 0 Å². The van der Waals surface area contributed by atoms with Crippen molar-refractivity contribution in [2.75, 3.05) is 6.54 Å². The third-order valence-corrected chi connectivity index (χ3v) is 4.00. The Morgan fingerprint density at radius 1 is 1.37 bits per heavy atom. The zero-order chi connectivity index (χ0) is 13.7. The maximum atomic E-state index is 12.5. The van der Waals surface area contributed by atoms with Crippen LogP contribution in [0.3, 0.4) is 0 Å². The Balaban J connectivity index is 1.98. The van der Waals surface area contributed by atoms with Gasteiger partial charge in [-0.3, -0.25) is 4.79 Å². The molecule has 0 radical (unpaired) electrons. The molecule has 2 atom stereocenters. The molecule has 0 aromatic heterocycles. The smallest absolute Gasteiger partial charge is 0.240 e. The molecule has 1 aliphatic rings. The molecule has 0 aliphatic carbocycles. The summed E-state index contributed by atoms with van der Waals surface area (Å²) in [6, 6.07) is 10.00. The van der Waals surface area contributed by atoms with Crippen LogP contribution in [0, 0.1) is 0 Å². The highest BCUT2D eigenvalue weighted by atomic mass is 16.2. The fraction of sp³-hybridized carbons (Fsp3) is 0.562. The Hall–Kier alpha value is -1.35. The predicted molar refractivity (Wildman–Crippen MR) is 77.8 cm³/mol. The number of piperidine rings is 1. The van der Waals surface area contributed by atoms with Crippen LogP contribution in [0.1, 0.15) is 38.2 Å². The van der Waals surface area contributed by atoms with Gasteiger partial charge in [-0.15, -0.1) is 0 Å². The summed E-state index contributed by atoms with van der Waals surface area (Å²) in [6.07, 6.45) is 5.13. The number of nitrogens with two attached hydrogens (primary N) is 1. The first-order valence-electron chi connectivity index (χ1n) is 7.32. The second-order valence-corrected chi connectivity index (χ2v) is 5.39. The number of carbonyl (C=O) groups is 1. The Kier molecular flexibility index (Phi) is 4.97. The first-order chi connectivity index (χ1) is 9.22. The zero-order valence-electron chi connectivity index (χ0n) is 11.7. The van der Waals surface area contributed by atoms with E-state index < -0.39 is 6.04 Å². The normalized spacial score (nSPS) is 21.2. The molecule has 1 unspecified atom stereocenters. The minimum Gasteiger partial charge on any atom is -0.338 e. The summed E-state index contributed by atoms with van der Waals surface area (Å²) >= 11 is 0. The molecule has 0 saturated carbocycles. The highest BCUT2D eigenvalue weighted by Gasteiger charge is 2.28. The summed E-state index contributed by atoms with van der Waals surface area (Å²) in [6.45, 7) is 3.03. The second kappa shape index (κ2) is 6.71. The first-order valence-corrected chi connectivity index (χ1v) is 7.32. The highest BCUT2D eigenvalue weighted by Crippen LogP contribution is 2.20. The van der Waals surface area contributed by atoms with Crippen molar-refractivity contribution in [2.45, 2.75) is 51.1 Å². The van der Waals surface area contributed by atoms with Crippen molar-refractivity contribution in [2.24, 2.45) is 5.73 Å². The Labute approximate surface area is 115 Å². The van der Waals surface area contributed by atoms with E-state index >= 15 is 0 Å². The molecule has 1 saturated heterocycles. The van der Waals surface area contributed by atoms with E-state index in [-0.39, 0.29) is 5.91 Å². The Morgan fingerprint density at radius 2 is 2.11 bits per heavy atom. The number of nitrogens with zero attached hydrogens (tertiary/aromatic N) is 1. The molecule has 1 aliphatic heterocycles. The molecule has 1 fully saturated rings. The zero-order valence-corrected chi connectivity index (χ0v) is 11.7. The van der Waals surface area contributed by atoms with E-state index in [4.69, 9.17) is 5.73 Å². The van der Waals surface area contributed by atoms with Crippen LogP contribution >= 0.6 is 0 Å². The van der Waals surface area contributed by atoms with Crippen molar-refractivity contribution < 1.29 is 4.79 Å². The average Bonchev–Trinajstić information content (AvgIpc) is 2.47. The van der Waals surface area contributed by atoms with Gasteiger partial charge in [0.2, 0.25) is 5.91 Å². The summed E-state index contributed by atoms with van der Waals surface area (Å²) in [5.41, 5.74) is 7.24. The largest absolute Gasteiger partial charge is 0.338 e. The molecule has 104 valence electrons. The van der Waals surface area contributed by atoms with Crippen LogP contribution in [-0.4, -0.2) is 29.4 Å². The van der Waals surface area contributed by atoms with E-state index in [1.54, 1.807) is 0 Å². The van der Waals surface area contributed by atoms with Gasteiger partial charge in [0.25, 0.3) is 0 Å². The van der Waals surface area contributed by atoms with E-state index in [1.807, 2.05) is 35.2 Å². The van der Waals surface area contributed by atoms with Crippen molar-refractivity contribution in [1.82, 2.24) is 4.90 Å². The summed E-state index contributed by atoms with van der Waals surface area (Å²) in [7, 11) is 0. The van der Waals surface area contributed by atoms with Crippen LogP contribution < -0.4 is 5.73 Å². The summed E-state index contributed by atoms with van der Waals surface area (Å²) < 4.78 is 0. The molecular formula is C16H24N2O. The molecule has 1 aromatic carbocycles. The molecule has 2 rings (SSSR count). The van der Waals surface area contributed by atoms with Gasteiger partial charge in [0.1, 0.15) is 0 Å². The predicted octanol–water partition coefficient (Wildman–Crippen LogP) is 2.35. The van der Waals surface area contributed by atoms with Gasteiger partial charge in [-0.05, 0) is 37.7 Å². The third-order valence-electron chi connectivity index (χ3n) is 4.00. The standard InChI is InChI=1S/C16H24N2O/c1-2-14-10-6-7-11-18(14)16(19)15(17)12-13-8-4-3-5-9-13/h3-5,8-9,14-15H,2,6-7,10-12,17H2,1H3/t14?,15-/m0/s1. The quantitative estimate of drug-likeness (QED) is 0.903. The lowest BCUT2D eigenvalue weighted by molar-refractivity contribution is -0.136. The van der Waals surface area contributed by atoms with Gasteiger partial charge in [-0.1, -0.05) is 37.3 Å². The lowest BCUT2D eigenvalue weighted by atomic mass is 9.97. The van der Waals surface area contributed by atoms with Crippen LogP contribution in [0.15, 0.2) is 30.3 Å². The molecular weight excluding hydrogens is 236 g/mol. The molecule has 2 N–H and O–H groups in total. The van der Waals surface area contributed by atoms with Crippen LogP contribution in [0.5, 0.6) is 0 Å². The van der Waals surface area contributed by atoms with Gasteiger partial charge in [-0.2, -0.15) is 0 Å².